The van der Waals surface area contributed by atoms with Gasteiger partial charge in [-0.3, -0.25) is 9.59 Å². The minimum Gasteiger partial charge on any atom is -0.508 e. The number of aliphatic carboxylic acids is 1. The minimum atomic E-state index is -5.08. The first-order chi connectivity index (χ1) is 23.5. The van der Waals surface area contributed by atoms with Gasteiger partial charge in [0, 0.05) is 55.3 Å². The van der Waals surface area contributed by atoms with Gasteiger partial charge in [-0.05, 0) is 71.0 Å². The van der Waals surface area contributed by atoms with Crippen LogP contribution < -0.4 is 11.1 Å². The number of carbonyl (C=O) groups is 3. The number of aromatic nitrogens is 1. The van der Waals surface area contributed by atoms with Crippen LogP contribution in [0.1, 0.15) is 33.5 Å². The summed E-state index contributed by atoms with van der Waals surface area (Å²) in [4.78, 5) is 40.6. The lowest BCUT2D eigenvalue weighted by Crippen LogP contribution is -2.32. The standard InChI is InChI=1S/C35H36N4O3.C2HF3O2/c36-19-20-37-35(42)32-10-2-1-8-30(32)27-7-5-6-26(22-27)24-39(21-18-25-12-15-29(40)16-13-25)34(41)17-14-28-23-38-33-11-4-3-9-31(28)33;3-2(4,5)1(6)7/h1-13,15-16,22-23,38,40H,14,17-21,24,36H2,(H,37,42);(H,6,7). The molecular formula is C37H37F3N4O5. The average molecular weight is 675 g/mol. The molecule has 0 atom stereocenters. The number of nitrogens with two attached hydrogens (primary N) is 1. The summed E-state index contributed by atoms with van der Waals surface area (Å²) in [6.07, 6.45) is -1.39. The van der Waals surface area contributed by atoms with Crippen LogP contribution in [0.15, 0.2) is 103 Å². The van der Waals surface area contributed by atoms with E-state index in [1.165, 1.54) is 0 Å². The van der Waals surface area contributed by atoms with E-state index in [4.69, 9.17) is 15.6 Å². The normalized spacial score (nSPS) is 11.0. The van der Waals surface area contributed by atoms with Crippen LogP contribution in [0, 0.1) is 0 Å². The highest BCUT2D eigenvalue weighted by molar-refractivity contribution is 6.01. The summed E-state index contributed by atoms with van der Waals surface area (Å²) in [6, 6.07) is 30.8. The van der Waals surface area contributed by atoms with E-state index in [1.807, 2.05) is 83.9 Å². The number of phenolic OH excluding ortho intramolecular Hbond substituents is 1. The van der Waals surface area contributed by atoms with Gasteiger partial charge in [-0.2, -0.15) is 13.2 Å². The Morgan fingerprint density at radius 3 is 2.27 bits per heavy atom. The van der Waals surface area contributed by atoms with E-state index in [2.05, 4.69) is 22.4 Å². The lowest BCUT2D eigenvalue weighted by Gasteiger charge is -2.24. The van der Waals surface area contributed by atoms with E-state index < -0.39 is 12.1 Å². The number of aromatic amines is 1. The highest BCUT2D eigenvalue weighted by Crippen LogP contribution is 2.26. The molecule has 0 unspecified atom stereocenters. The minimum absolute atomic E-state index is 0.0750. The molecule has 0 fully saturated rings. The van der Waals surface area contributed by atoms with Crippen molar-refractivity contribution in [3.63, 3.8) is 0 Å². The monoisotopic (exact) mass is 674 g/mol. The van der Waals surface area contributed by atoms with Crippen LogP contribution in [0.5, 0.6) is 5.75 Å². The van der Waals surface area contributed by atoms with Crippen molar-refractivity contribution >= 4 is 28.7 Å². The number of nitrogens with zero attached hydrogens (tertiary/aromatic N) is 1. The van der Waals surface area contributed by atoms with Crippen molar-refractivity contribution in [2.24, 2.45) is 5.73 Å². The Morgan fingerprint density at radius 1 is 0.857 bits per heavy atom. The van der Waals surface area contributed by atoms with Crippen molar-refractivity contribution in [2.75, 3.05) is 19.6 Å². The Balaban J connectivity index is 0.000000698. The Kier molecular flexibility index (Phi) is 12.5. The number of carbonyl (C=O) groups excluding carboxylic acids is 2. The lowest BCUT2D eigenvalue weighted by molar-refractivity contribution is -0.192. The molecule has 12 heteroatoms. The van der Waals surface area contributed by atoms with E-state index in [1.54, 1.807) is 12.1 Å². The topological polar surface area (TPSA) is 149 Å². The zero-order valence-corrected chi connectivity index (χ0v) is 26.5. The molecule has 6 N–H and O–H groups in total. The predicted octanol–water partition coefficient (Wildman–Crippen LogP) is 6.07. The number of aryl methyl sites for hydroxylation is 1. The fraction of sp³-hybridized carbons (Fsp3) is 0.216. The van der Waals surface area contributed by atoms with Gasteiger partial charge in [0.25, 0.3) is 5.91 Å². The predicted molar refractivity (Wildman–Crippen MR) is 181 cm³/mol. The summed E-state index contributed by atoms with van der Waals surface area (Å²) >= 11 is 0. The summed E-state index contributed by atoms with van der Waals surface area (Å²) in [5.41, 5.74) is 12.1. The summed E-state index contributed by atoms with van der Waals surface area (Å²) in [5.74, 6) is -2.62. The third kappa shape index (κ3) is 10.4. The van der Waals surface area contributed by atoms with Gasteiger partial charge in [-0.25, -0.2) is 4.79 Å². The van der Waals surface area contributed by atoms with E-state index in [-0.39, 0.29) is 17.6 Å². The fourth-order valence-corrected chi connectivity index (χ4v) is 5.23. The summed E-state index contributed by atoms with van der Waals surface area (Å²) < 4.78 is 31.7. The zero-order chi connectivity index (χ0) is 35.4. The van der Waals surface area contributed by atoms with Gasteiger partial charge in [0.05, 0.1) is 0 Å². The molecule has 1 heterocycles. The number of halogens is 3. The summed E-state index contributed by atoms with van der Waals surface area (Å²) in [6.45, 7) is 1.77. The van der Waals surface area contributed by atoms with Crippen molar-refractivity contribution in [3.8, 4) is 16.9 Å². The number of rotatable bonds is 12. The quantitative estimate of drug-likeness (QED) is 0.109. The molecule has 0 saturated carbocycles. The number of aromatic hydroxyl groups is 1. The Labute approximate surface area is 281 Å². The van der Waals surface area contributed by atoms with E-state index in [9.17, 15) is 27.9 Å². The first kappa shape index (κ1) is 36.2. The molecule has 0 aliphatic rings. The highest BCUT2D eigenvalue weighted by Gasteiger charge is 2.38. The molecule has 4 aromatic carbocycles. The number of amides is 2. The van der Waals surface area contributed by atoms with Gasteiger partial charge in [-0.1, -0.05) is 66.7 Å². The Bertz CT molecular complexity index is 1870. The van der Waals surface area contributed by atoms with Crippen LogP contribution in [0.25, 0.3) is 22.0 Å². The molecule has 49 heavy (non-hydrogen) atoms. The number of fused-ring (bicyclic) bond motifs is 1. The fourth-order valence-electron chi connectivity index (χ4n) is 5.23. The maximum absolute atomic E-state index is 13.7. The molecule has 0 aliphatic carbocycles. The van der Waals surface area contributed by atoms with Gasteiger partial charge in [0.2, 0.25) is 5.91 Å². The number of hydrogen-bond acceptors (Lipinski definition) is 5. The average Bonchev–Trinajstić information content (AvgIpc) is 3.51. The van der Waals surface area contributed by atoms with Gasteiger partial charge >= 0.3 is 12.1 Å². The number of alkyl halides is 3. The number of H-pyrrole nitrogens is 1. The Morgan fingerprint density at radius 2 is 1.55 bits per heavy atom. The molecule has 5 aromatic rings. The van der Waals surface area contributed by atoms with E-state index >= 15 is 0 Å². The van der Waals surface area contributed by atoms with Gasteiger partial charge in [-0.15, -0.1) is 0 Å². The maximum Gasteiger partial charge on any atom is 0.490 e. The third-order valence-corrected chi connectivity index (χ3v) is 7.70. The number of nitrogens with one attached hydrogen (secondary N) is 2. The molecular weight excluding hydrogens is 637 g/mol. The molecule has 0 spiro atoms. The number of benzene rings is 4. The second-order valence-electron chi connectivity index (χ2n) is 11.2. The second kappa shape index (κ2) is 17.0. The van der Waals surface area contributed by atoms with Gasteiger partial charge < -0.3 is 31.1 Å². The van der Waals surface area contributed by atoms with Crippen LogP contribution in [0.2, 0.25) is 0 Å². The van der Waals surface area contributed by atoms with E-state index in [0.29, 0.717) is 51.0 Å². The summed E-state index contributed by atoms with van der Waals surface area (Å²) in [5, 5.41) is 20.8. The first-order valence-electron chi connectivity index (χ1n) is 15.5. The van der Waals surface area contributed by atoms with Crippen LogP contribution in [0.4, 0.5) is 13.2 Å². The van der Waals surface area contributed by atoms with Crippen molar-refractivity contribution < 1.29 is 37.8 Å². The number of hydrogen-bond donors (Lipinski definition) is 5. The molecule has 256 valence electrons. The largest absolute Gasteiger partial charge is 0.508 e. The zero-order valence-electron chi connectivity index (χ0n) is 26.5. The lowest BCUT2D eigenvalue weighted by atomic mass is 9.97. The van der Waals surface area contributed by atoms with Crippen molar-refractivity contribution in [1.82, 2.24) is 15.2 Å². The molecule has 5 rings (SSSR count). The maximum atomic E-state index is 13.7. The molecule has 0 bridgehead atoms. The summed E-state index contributed by atoms with van der Waals surface area (Å²) in [7, 11) is 0. The van der Waals surface area contributed by atoms with Gasteiger partial charge in [0.15, 0.2) is 0 Å². The van der Waals surface area contributed by atoms with Gasteiger partial charge in [0.1, 0.15) is 5.75 Å². The molecule has 2 amide bonds. The molecule has 0 saturated heterocycles. The smallest absolute Gasteiger partial charge is 0.490 e. The highest BCUT2D eigenvalue weighted by atomic mass is 19.4. The Hall–Kier alpha value is -5.62. The third-order valence-electron chi connectivity index (χ3n) is 7.70. The molecule has 1 aromatic heterocycles. The number of carboxylic acid groups (broad SMARTS) is 1. The van der Waals surface area contributed by atoms with Crippen molar-refractivity contribution in [2.45, 2.75) is 32.0 Å². The molecule has 0 aliphatic heterocycles. The first-order valence-corrected chi connectivity index (χ1v) is 15.5. The van der Waals surface area contributed by atoms with Crippen LogP contribution in [0.3, 0.4) is 0 Å². The van der Waals surface area contributed by atoms with Crippen molar-refractivity contribution in [3.05, 3.63) is 126 Å². The van der Waals surface area contributed by atoms with Crippen LogP contribution >= 0.6 is 0 Å². The number of phenols is 1. The van der Waals surface area contributed by atoms with Crippen molar-refractivity contribution in [1.29, 1.82) is 0 Å². The van der Waals surface area contributed by atoms with E-state index in [0.717, 1.165) is 38.7 Å². The second-order valence-corrected chi connectivity index (χ2v) is 11.2. The van der Waals surface area contributed by atoms with Crippen LogP contribution in [-0.4, -0.2) is 63.7 Å². The van der Waals surface area contributed by atoms with Crippen LogP contribution in [-0.2, 0) is 29.0 Å². The molecule has 9 nitrogen and oxygen atoms in total. The number of para-hydroxylation sites is 1. The SMILES string of the molecule is NCCNC(=O)c1ccccc1-c1cccc(CN(CCc2ccc(O)cc2)C(=O)CCc2c[nH]c3ccccc23)c1.O=C(O)C(F)(F)F. The molecule has 0 radical (unpaired) electrons. The number of carboxylic acids is 1.